The molecule has 23 heavy (non-hydrogen) atoms. The highest BCUT2D eigenvalue weighted by atomic mass is 32.2. The van der Waals surface area contributed by atoms with Gasteiger partial charge in [-0.3, -0.25) is 0 Å². The zero-order chi connectivity index (χ0) is 16.1. The zero-order valence-electron chi connectivity index (χ0n) is 13.5. The standard InChI is InChI=1S/C17H26N2O3S/c20-23(21,16-6-2-1-3-7-16)19-14-9-11-15(12-10-14)22-17-8-4-5-13-18-17/h4-5,8,13-16,19H,1-3,6-7,9-12H2. The molecule has 0 amide bonds. The molecule has 0 bridgehead atoms. The van der Waals surface area contributed by atoms with Crippen LogP contribution in [-0.4, -0.2) is 30.8 Å². The number of nitrogens with zero attached hydrogens (tertiary/aromatic N) is 1. The van der Waals surface area contributed by atoms with Gasteiger partial charge in [-0.25, -0.2) is 18.1 Å². The second-order valence-corrected chi connectivity index (χ2v) is 8.67. The van der Waals surface area contributed by atoms with Gasteiger partial charge in [-0.05, 0) is 44.6 Å². The van der Waals surface area contributed by atoms with Crippen LogP contribution in [0.4, 0.5) is 0 Å². The van der Waals surface area contributed by atoms with Crippen molar-refractivity contribution in [3.63, 3.8) is 0 Å². The van der Waals surface area contributed by atoms with Crippen molar-refractivity contribution in [2.24, 2.45) is 0 Å². The summed E-state index contributed by atoms with van der Waals surface area (Å²) in [7, 11) is -3.16. The average molecular weight is 338 g/mol. The Kier molecular flexibility index (Phi) is 5.54. The van der Waals surface area contributed by atoms with Gasteiger partial charge in [0.1, 0.15) is 6.10 Å². The average Bonchev–Trinajstić information content (AvgIpc) is 2.58. The van der Waals surface area contributed by atoms with Gasteiger partial charge >= 0.3 is 0 Å². The number of ether oxygens (including phenoxy) is 1. The molecular weight excluding hydrogens is 312 g/mol. The molecule has 0 radical (unpaired) electrons. The molecule has 0 spiro atoms. The first-order chi connectivity index (χ1) is 11.1. The van der Waals surface area contributed by atoms with Crippen molar-refractivity contribution < 1.29 is 13.2 Å². The second kappa shape index (κ2) is 7.62. The molecule has 1 aromatic heterocycles. The van der Waals surface area contributed by atoms with Gasteiger partial charge in [0.05, 0.1) is 5.25 Å². The summed E-state index contributed by atoms with van der Waals surface area (Å²) in [6.45, 7) is 0. The Morgan fingerprint density at radius 2 is 1.74 bits per heavy atom. The predicted molar refractivity (Wildman–Crippen MR) is 89.8 cm³/mol. The molecule has 2 aliphatic carbocycles. The first-order valence-corrected chi connectivity index (χ1v) is 10.3. The van der Waals surface area contributed by atoms with Gasteiger partial charge in [0.15, 0.2) is 0 Å². The monoisotopic (exact) mass is 338 g/mol. The third-order valence-electron chi connectivity index (χ3n) is 4.92. The maximum atomic E-state index is 12.5. The third kappa shape index (κ3) is 4.67. The van der Waals surface area contributed by atoms with Crippen LogP contribution in [0.15, 0.2) is 24.4 Å². The van der Waals surface area contributed by atoms with Crippen molar-refractivity contribution in [3.05, 3.63) is 24.4 Å². The summed E-state index contributed by atoms with van der Waals surface area (Å²) in [6.07, 6.45) is 10.1. The van der Waals surface area contributed by atoms with Gasteiger partial charge < -0.3 is 4.74 Å². The molecule has 128 valence electrons. The van der Waals surface area contributed by atoms with Crippen LogP contribution in [0.25, 0.3) is 0 Å². The van der Waals surface area contributed by atoms with Crippen LogP contribution in [0.2, 0.25) is 0 Å². The van der Waals surface area contributed by atoms with E-state index in [9.17, 15) is 8.42 Å². The van der Waals surface area contributed by atoms with Crippen LogP contribution >= 0.6 is 0 Å². The van der Waals surface area contributed by atoms with E-state index in [4.69, 9.17) is 4.74 Å². The van der Waals surface area contributed by atoms with Gasteiger partial charge in [-0.2, -0.15) is 0 Å². The van der Waals surface area contributed by atoms with Crippen LogP contribution in [0.3, 0.4) is 0 Å². The third-order valence-corrected chi connectivity index (χ3v) is 6.93. The summed E-state index contributed by atoms with van der Waals surface area (Å²) in [6, 6.07) is 5.69. The van der Waals surface area contributed by atoms with Gasteiger partial charge in [0, 0.05) is 18.3 Å². The van der Waals surface area contributed by atoms with E-state index in [2.05, 4.69) is 9.71 Å². The lowest BCUT2D eigenvalue weighted by molar-refractivity contribution is 0.138. The molecule has 5 nitrogen and oxygen atoms in total. The number of rotatable bonds is 5. The first kappa shape index (κ1) is 16.7. The molecule has 2 aliphatic rings. The van der Waals surface area contributed by atoms with Crippen molar-refractivity contribution in [2.45, 2.75) is 75.2 Å². The Balaban J connectivity index is 1.47. The molecule has 1 N–H and O–H groups in total. The fourth-order valence-corrected chi connectivity index (χ4v) is 5.44. The largest absolute Gasteiger partial charge is 0.474 e. The fraction of sp³-hybridized carbons (Fsp3) is 0.706. The van der Waals surface area contributed by atoms with Crippen LogP contribution in [0.5, 0.6) is 5.88 Å². The minimum absolute atomic E-state index is 0.0607. The maximum Gasteiger partial charge on any atom is 0.214 e. The Morgan fingerprint density at radius 3 is 2.39 bits per heavy atom. The quantitative estimate of drug-likeness (QED) is 0.896. The number of hydrogen-bond donors (Lipinski definition) is 1. The van der Waals surface area contributed by atoms with Gasteiger partial charge in [0.2, 0.25) is 15.9 Å². The van der Waals surface area contributed by atoms with Gasteiger partial charge in [0.25, 0.3) is 0 Å². The fourth-order valence-electron chi connectivity index (χ4n) is 3.59. The number of aromatic nitrogens is 1. The van der Waals surface area contributed by atoms with E-state index in [0.29, 0.717) is 5.88 Å². The Bertz CT molecular complexity index is 577. The summed E-state index contributed by atoms with van der Waals surface area (Å²) in [4.78, 5) is 4.18. The van der Waals surface area contributed by atoms with Crippen LogP contribution in [0.1, 0.15) is 57.8 Å². The first-order valence-electron chi connectivity index (χ1n) is 8.72. The molecule has 0 aromatic carbocycles. The summed E-state index contributed by atoms with van der Waals surface area (Å²) in [5.74, 6) is 0.652. The molecule has 2 fully saturated rings. The van der Waals surface area contributed by atoms with Crippen molar-refractivity contribution in [1.82, 2.24) is 9.71 Å². The van der Waals surface area contributed by atoms with E-state index < -0.39 is 10.0 Å². The zero-order valence-corrected chi connectivity index (χ0v) is 14.3. The van der Waals surface area contributed by atoms with Crippen LogP contribution in [0, 0.1) is 0 Å². The number of hydrogen-bond acceptors (Lipinski definition) is 4. The van der Waals surface area contributed by atoms with Crippen molar-refractivity contribution in [3.8, 4) is 5.88 Å². The minimum Gasteiger partial charge on any atom is -0.474 e. The molecule has 0 unspecified atom stereocenters. The summed E-state index contributed by atoms with van der Waals surface area (Å²) < 4.78 is 33.8. The molecule has 2 saturated carbocycles. The number of pyridine rings is 1. The highest BCUT2D eigenvalue weighted by Gasteiger charge is 2.31. The lowest BCUT2D eigenvalue weighted by atomic mass is 9.94. The lowest BCUT2D eigenvalue weighted by Crippen LogP contribution is -2.44. The highest BCUT2D eigenvalue weighted by molar-refractivity contribution is 7.90. The van der Waals surface area contributed by atoms with E-state index in [1.54, 1.807) is 6.20 Å². The minimum atomic E-state index is -3.16. The molecular formula is C17H26N2O3S. The normalized spacial score (nSPS) is 26.8. The number of nitrogens with one attached hydrogen (secondary N) is 1. The SMILES string of the molecule is O=S(=O)(NC1CCC(Oc2ccccn2)CC1)C1CCCCC1. The van der Waals surface area contributed by atoms with E-state index >= 15 is 0 Å². The van der Waals surface area contributed by atoms with E-state index in [1.807, 2.05) is 18.2 Å². The molecule has 0 aliphatic heterocycles. The lowest BCUT2D eigenvalue weighted by Gasteiger charge is -2.31. The van der Waals surface area contributed by atoms with Crippen LogP contribution in [-0.2, 0) is 10.0 Å². The van der Waals surface area contributed by atoms with Crippen molar-refractivity contribution in [1.29, 1.82) is 0 Å². The van der Waals surface area contributed by atoms with E-state index in [0.717, 1.165) is 51.4 Å². The molecule has 0 atom stereocenters. The highest BCUT2D eigenvalue weighted by Crippen LogP contribution is 2.26. The molecule has 1 heterocycles. The topological polar surface area (TPSA) is 68.3 Å². The van der Waals surface area contributed by atoms with E-state index in [1.165, 1.54) is 6.42 Å². The van der Waals surface area contributed by atoms with Gasteiger partial charge in [-0.1, -0.05) is 25.3 Å². The molecule has 6 heteroatoms. The smallest absolute Gasteiger partial charge is 0.214 e. The van der Waals surface area contributed by atoms with E-state index in [-0.39, 0.29) is 17.4 Å². The summed E-state index contributed by atoms with van der Waals surface area (Å²) in [5, 5.41) is -0.182. The Labute approximate surface area is 138 Å². The van der Waals surface area contributed by atoms with Crippen LogP contribution < -0.4 is 9.46 Å². The van der Waals surface area contributed by atoms with Crippen molar-refractivity contribution >= 4 is 10.0 Å². The maximum absolute atomic E-state index is 12.5. The number of sulfonamides is 1. The summed E-state index contributed by atoms with van der Waals surface area (Å²) in [5.41, 5.74) is 0. The Hall–Kier alpha value is -1.14. The predicted octanol–water partition coefficient (Wildman–Crippen LogP) is 3.02. The Morgan fingerprint density at radius 1 is 1.00 bits per heavy atom. The van der Waals surface area contributed by atoms with Gasteiger partial charge in [-0.15, -0.1) is 0 Å². The summed E-state index contributed by atoms with van der Waals surface area (Å²) >= 11 is 0. The molecule has 1 aromatic rings. The second-order valence-electron chi connectivity index (χ2n) is 6.68. The molecule has 3 rings (SSSR count). The molecule has 0 saturated heterocycles. The van der Waals surface area contributed by atoms with Crippen molar-refractivity contribution in [2.75, 3.05) is 0 Å².